The van der Waals surface area contributed by atoms with Gasteiger partial charge in [0.2, 0.25) is 0 Å². The Bertz CT molecular complexity index is 170. The zero-order valence-electron chi connectivity index (χ0n) is 6.79. The van der Waals surface area contributed by atoms with Gasteiger partial charge in [-0.05, 0) is 37.5 Å². The van der Waals surface area contributed by atoms with Crippen LogP contribution in [0.1, 0.15) is 19.8 Å². The van der Waals surface area contributed by atoms with E-state index in [1.54, 1.807) is 6.26 Å². The summed E-state index contributed by atoms with van der Waals surface area (Å²) in [5.74, 6) is 0. The van der Waals surface area contributed by atoms with Crippen LogP contribution in [0.4, 0.5) is 0 Å². The molecule has 0 spiro atoms. The van der Waals surface area contributed by atoms with Crippen LogP contribution in [0.2, 0.25) is 0 Å². The van der Waals surface area contributed by atoms with Crippen LogP contribution in [0.15, 0.2) is 24.0 Å². The first-order valence-corrected chi connectivity index (χ1v) is 3.91. The predicted octanol–water partition coefficient (Wildman–Crippen LogP) is 1.62. The number of aliphatic hydroxyl groups is 1. The SMILES string of the molecule is C/C(=C/C1CCC=CO1)CO. The molecular weight excluding hydrogens is 140 g/mol. The molecule has 0 saturated carbocycles. The van der Waals surface area contributed by atoms with Gasteiger partial charge in [0.05, 0.1) is 12.9 Å². The highest BCUT2D eigenvalue weighted by Crippen LogP contribution is 2.12. The molecule has 0 bridgehead atoms. The van der Waals surface area contributed by atoms with E-state index in [2.05, 4.69) is 0 Å². The zero-order chi connectivity index (χ0) is 8.10. The van der Waals surface area contributed by atoms with Gasteiger partial charge in [0.15, 0.2) is 0 Å². The molecule has 0 aromatic carbocycles. The average Bonchev–Trinajstić information content (AvgIpc) is 2.06. The molecule has 1 N–H and O–H groups in total. The Morgan fingerprint density at radius 1 is 1.82 bits per heavy atom. The third-order valence-electron chi connectivity index (χ3n) is 1.69. The first kappa shape index (κ1) is 8.34. The molecular formula is C9H14O2. The molecule has 1 heterocycles. The molecule has 0 radical (unpaired) electrons. The van der Waals surface area contributed by atoms with E-state index in [-0.39, 0.29) is 12.7 Å². The van der Waals surface area contributed by atoms with Gasteiger partial charge in [0, 0.05) is 0 Å². The predicted molar refractivity (Wildman–Crippen MR) is 44.1 cm³/mol. The van der Waals surface area contributed by atoms with E-state index in [4.69, 9.17) is 9.84 Å². The minimum atomic E-state index is 0.129. The summed E-state index contributed by atoms with van der Waals surface area (Å²) in [6.07, 6.45) is 7.98. The van der Waals surface area contributed by atoms with E-state index in [0.717, 1.165) is 18.4 Å². The molecule has 1 aliphatic rings. The molecule has 0 aromatic rings. The highest BCUT2D eigenvalue weighted by atomic mass is 16.5. The van der Waals surface area contributed by atoms with Crippen molar-refractivity contribution >= 4 is 0 Å². The summed E-state index contributed by atoms with van der Waals surface area (Å²) in [6.45, 7) is 2.03. The maximum absolute atomic E-state index is 8.72. The normalized spacial score (nSPS) is 24.9. The topological polar surface area (TPSA) is 29.5 Å². The van der Waals surface area contributed by atoms with E-state index in [0.29, 0.717) is 0 Å². The third kappa shape index (κ3) is 2.76. The molecule has 1 aliphatic heterocycles. The smallest absolute Gasteiger partial charge is 0.117 e. The van der Waals surface area contributed by atoms with E-state index < -0.39 is 0 Å². The monoisotopic (exact) mass is 154 g/mol. The van der Waals surface area contributed by atoms with Gasteiger partial charge in [-0.3, -0.25) is 0 Å². The van der Waals surface area contributed by atoms with Crippen molar-refractivity contribution in [1.29, 1.82) is 0 Å². The number of aliphatic hydroxyl groups excluding tert-OH is 1. The molecule has 1 rings (SSSR count). The highest BCUT2D eigenvalue weighted by Gasteiger charge is 2.06. The van der Waals surface area contributed by atoms with Gasteiger partial charge >= 0.3 is 0 Å². The fraction of sp³-hybridized carbons (Fsp3) is 0.556. The number of allylic oxidation sites excluding steroid dienone is 1. The van der Waals surface area contributed by atoms with Crippen molar-refractivity contribution in [2.75, 3.05) is 6.61 Å². The number of hydrogen-bond acceptors (Lipinski definition) is 2. The summed E-state index contributed by atoms with van der Waals surface area (Å²) in [7, 11) is 0. The summed E-state index contributed by atoms with van der Waals surface area (Å²) < 4.78 is 5.28. The van der Waals surface area contributed by atoms with E-state index in [9.17, 15) is 0 Å². The van der Waals surface area contributed by atoms with E-state index in [1.807, 2.05) is 19.1 Å². The van der Waals surface area contributed by atoms with Crippen LogP contribution in [0.5, 0.6) is 0 Å². The Morgan fingerprint density at radius 3 is 3.18 bits per heavy atom. The highest BCUT2D eigenvalue weighted by molar-refractivity contribution is 5.04. The number of rotatable bonds is 2. The van der Waals surface area contributed by atoms with Crippen molar-refractivity contribution in [3.05, 3.63) is 24.0 Å². The Kier molecular flexibility index (Phi) is 3.17. The van der Waals surface area contributed by atoms with Crippen molar-refractivity contribution < 1.29 is 9.84 Å². The molecule has 1 atom stereocenters. The first-order chi connectivity index (χ1) is 5.33. The second kappa shape index (κ2) is 4.19. The Morgan fingerprint density at radius 2 is 2.64 bits per heavy atom. The standard InChI is InChI=1S/C9H14O2/c1-8(7-10)6-9-4-2-3-5-11-9/h3,5-6,9-10H,2,4,7H2,1H3/b8-6-. The van der Waals surface area contributed by atoms with Crippen molar-refractivity contribution in [2.24, 2.45) is 0 Å². The van der Waals surface area contributed by atoms with Gasteiger partial charge < -0.3 is 9.84 Å². The summed E-state index contributed by atoms with van der Waals surface area (Å²) in [5.41, 5.74) is 0.977. The fourth-order valence-electron chi connectivity index (χ4n) is 1.05. The lowest BCUT2D eigenvalue weighted by Crippen LogP contribution is -2.10. The molecule has 0 aromatic heterocycles. The largest absolute Gasteiger partial charge is 0.494 e. The van der Waals surface area contributed by atoms with Gasteiger partial charge in [0.25, 0.3) is 0 Å². The summed E-state index contributed by atoms with van der Waals surface area (Å²) in [5, 5.41) is 8.72. The first-order valence-electron chi connectivity index (χ1n) is 3.91. The van der Waals surface area contributed by atoms with Gasteiger partial charge in [-0.15, -0.1) is 0 Å². The van der Waals surface area contributed by atoms with Crippen LogP contribution in [-0.2, 0) is 4.74 Å². The van der Waals surface area contributed by atoms with Crippen LogP contribution in [0, 0.1) is 0 Å². The van der Waals surface area contributed by atoms with Gasteiger partial charge in [-0.25, -0.2) is 0 Å². The van der Waals surface area contributed by atoms with Crippen LogP contribution < -0.4 is 0 Å². The van der Waals surface area contributed by atoms with Crippen molar-refractivity contribution in [3.63, 3.8) is 0 Å². The molecule has 0 saturated heterocycles. The van der Waals surface area contributed by atoms with Gasteiger partial charge in [-0.2, -0.15) is 0 Å². The summed E-state index contributed by atoms with van der Waals surface area (Å²) in [4.78, 5) is 0. The fourth-order valence-corrected chi connectivity index (χ4v) is 1.05. The molecule has 2 nitrogen and oxygen atoms in total. The maximum atomic E-state index is 8.72. The molecule has 62 valence electrons. The van der Waals surface area contributed by atoms with Gasteiger partial charge in [0.1, 0.15) is 6.10 Å². The average molecular weight is 154 g/mol. The van der Waals surface area contributed by atoms with Crippen LogP contribution in [-0.4, -0.2) is 17.8 Å². The van der Waals surface area contributed by atoms with E-state index in [1.165, 1.54) is 0 Å². The second-order valence-electron chi connectivity index (χ2n) is 2.79. The van der Waals surface area contributed by atoms with Crippen LogP contribution >= 0.6 is 0 Å². The van der Waals surface area contributed by atoms with Crippen molar-refractivity contribution in [3.8, 4) is 0 Å². The van der Waals surface area contributed by atoms with Crippen LogP contribution in [0.3, 0.4) is 0 Å². The zero-order valence-corrected chi connectivity index (χ0v) is 6.79. The second-order valence-corrected chi connectivity index (χ2v) is 2.79. The van der Waals surface area contributed by atoms with E-state index >= 15 is 0 Å². The lowest BCUT2D eigenvalue weighted by Gasteiger charge is -2.16. The molecule has 0 fully saturated rings. The number of ether oxygens (including phenoxy) is 1. The van der Waals surface area contributed by atoms with Gasteiger partial charge in [-0.1, -0.05) is 0 Å². The molecule has 2 heteroatoms. The lowest BCUT2D eigenvalue weighted by atomic mass is 10.1. The Balaban J connectivity index is 2.42. The Hall–Kier alpha value is -0.760. The maximum Gasteiger partial charge on any atom is 0.117 e. The third-order valence-corrected chi connectivity index (χ3v) is 1.69. The van der Waals surface area contributed by atoms with Crippen molar-refractivity contribution in [2.45, 2.75) is 25.9 Å². The lowest BCUT2D eigenvalue weighted by molar-refractivity contribution is 0.163. The minimum Gasteiger partial charge on any atom is -0.494 e. The van der Waals surface area contributed by atoms with Crippen molar-refractivity contribution in [1.82, 2.24) is 0 Å². The molecule has 11 heavy (non-hydrogen) atoms. The summed E-state index contributed by atoms with van der Waals surface area (Å²) in [6, 6.07) is 0. The number of hydrogen-bond donors (Lipinski definition) is 1. The quantitative estimate of drug-likeness (QED) is 0.612. The molecule has 0 aliphatic carbocycles. The minimum absolute atomic E-state index is 0.129. The Labute approximate surface area is 67.2 Å². The summed E-state index contributed by atoms with van der Waals surface area (Å²) >= 11 is 0. The van der Waals surface area contributed by atoms with Crippen LogP contribution in [0.25, 0.3) is 0 Å². The molecule has 1 unspecified atom stereocenters. The molecule has 0 amide bonds.